The van der Waals surface area contributed by atoms with Crippen molar-refractivity contribution < 1.29 is 155 Å². The molecular formula is C88H111FN12O40P4. The monoisotopic (exact) mass is 2120 g/mol. The summed E-state index contributed by atoms with van der Waals surface area (Å²) in [6.45, 7) is 16.6. The SMILES string of the molecule is CC(C)OC(=O)C(C)NP(=O)(OC[C@@]12CO[C@@H](C(n3cc(F)c(=O)[nH]c3=O)O1)[C@@H]2O)Oc1ccccc1.CC(C)OC(=O)[C@@H](C)N[P@](=O)(OC[C@@]12CO[C@@H](C(n3ccc(=O)[nH]c3=O)O1)[C@@H]2O)Oc1ccccc1.CC(C)OC(=O)[C@H](C)N[P@@](=O)(OC[C@@]12CO[C@@H](C(n3ccc(=O)[nH]c3=O)O1)[C@@H]2O)Oc1ccccc1.CC(C)OC(=O)[C@H](C)N[P@](=O)(OC[C@@]12CO[C@@H](C(n3ccc(=O)[nH]c3=O)O1)[C@@H]2O)Oc1ccccc1. The van der Waals surface area contributed by atoms with Gasteiger partial charge in [-0.15, -0.1) is 0 Å². The molecule has 0 aliphatic carbocycles. The van der Waals surface area contributed by atoms with E-state index < -0.39 is 259 Å². The molecule has 0 spiro atoms. The molecule has 4 aromatic carbocycles. The number of aromatic amines is 4. The molecule has 0 amide bonds. The van der Waals surface area contributed by atoms with Gasteiger partial charge >= 0.3 is 77.6 Å². The van der Waals surface area contributed by atoms with E-state index in [9.17, 15) is 101 Å². The van der Waals surface area contributed by atoms with E-state index in [4.69, 9.17) is 93.0 Å². The fourth-order valence-corrected chi connectivity index (χ4v) is 21.8. The van der Waals surface area contributed by atoms with Crippen LogP contribution in [0.3, 0.4) is 0 Å². The standard InChI is InChI=1S/C22H27FN3O10P.3C22H28N3O10P/c1-12(2)34-20(29)13(3)25-37(31,36-14-7-5-4-6-8-14)33-11-22-10-32-16(17(22)27)19(35-22)26-9-15(23)18(28)24-21(26)30;3*1-13(2)33-20(28)14(3)24-36(30,35-15-7-5-4-6-8-15)32-12-22-11-31-17(18(22)27)19(34-22)25-10-9-16(26)23-21(25)29/h4-9,12-13,16-17,19,27H,10-11H2,1-3H3,(H,25,31)(H,24,28,30);3*4-10,13-14,17-19,27H,11-12H2,1-3H3,(H,24,30)(H,23,26,29)/t13?,16-,17+,19?,22-,37?;14-,17+,18-,19?,22+,36+;14-,17+,18-,19?,22+,36-;14-,17-,18+,19?,22-,36+/m1001/s1. The van der Waals surface area contributed by atoms with E-state index >= 15 is 0 Å². The second kappa shape index (κ2) is 46.4. The highest BCUT2D eigenvalue weighted by molar-refractivity contribution is 7.53. The number of nitrogens with one attached hydrogen (secondary N) is 8. The molecule has 8 saturated heterocycles. The molecule has 145 heavy (non-hydrogen) atoms. The summed E-state index contributed by atoms with van der Waals surface area (Å²) in [7, 11) is -17.0. The Morgan fingerprint density at radius 2 is 0.566 bits per heavy atom. The Labute approximate surface area is 822 Å². The molecule has 16 rings (SSSR count). The van der Waals surface area contributed by atoms with Crippen LogP contribution in [0.1, 0.15) is 108 Å². The number of benzene rings is 4. The summed E-state index contributed by atoms with van der Waals surface area (Å²) in [6, 6.07) is 31.7. The van der Waals surface area contributed by atoms with Crippen molar-refractivity contribution in [2.75, 3.05) is 52.9 Å². The number of esters is 4. The van der Waals surface area contributed by atoms with E-state index in [1.807, 2.05) is 4.98 Å². The first kappa shape index (κ1) is 111. The van der Waals surface area contributed by atoms with Crippen LogP contribution in [0.4, 0.5) is 4.39 Å². The largest absolute Gasteiger partial charge is 0.462 e. The van der Waals surface area contributed by atoms with Crippen molar-refractivity contribution >= 4 is 54.9 Å². The average molecular weight is 2120 g/mol. The molecule has 8 aliphatic heterocycles. The van der Waals surface area contributed by atoms with Crippen LogP contribution in [0, 0.1) is 5.82 Å². The van der Waals surface area contributed by atoms with Crippen LogP contribution in [-0.2, 0) is 112 Å². The number of fused-ring (bicyclic) bond motifs is 8. The molecule has 52 nitrogen and oxygen atoms in total. The lowest BCUT2D eigenvalue weighted by molar-refractivity contribution is -0.185. The minimum Gasteiger partial charge on any atom is -0.462 e. The van der Waals surface area contributed by atoms with Crippen LogP contribution in [0.25, 0.3) is 0 Å². The van der Waals surface area contributed by atoms with Crippen molar-refractivity contribution in [1.82, 2.24) is 58.6 Å². The van der Waals surface area contributed by atoms with Gasteiger partial charge in [0.1, 0.15) is 118 Å². The lowest BCUT2D eigenvalue weighted by Crippen LogP contribution is -2.46. The minimum absolute atomic E-state index is 0.121. The second-order valence-electron chi connectivity index (χ2n) is 35.4. The minimum atomic E-state index is -4.30. The zero-order chi connectivity index (χ0) is 105. The Bertz CT molecular complexity index is 6150. The van der Waals surface area contributed by atoms with Gasteiger partial charge in [0.05, 0.1) is 83.5 Å². The average Bonchev–Trinajstić information content (AvgIpc) is 1.59. The van der Waals surface area contributed by atoms with Gasteiger partial charge in [0.2, 0.25) is 5.82 Å². The van der Waals surface area contributed by atoms with Crippen LogP contribution < -0.4 is 83.4 Å². The molecule has 790 valence electrons. The van der Waals surface area contributed by atoms with Gasteiger partial charge < -0.3 is 95.4 Å². The van der Waals surface area contributed by atoms with Gasteiger partial charge in [-0.05, 0) is 132 Å². The number of hydrogen-bond acceptors (Lipinski definition) is 40. The van der Waals surface area contributed by atoms with Crippen molar-refractivity contribution in [3.05, 3.63) is 253 Å². The summed E-state index contributed by atoms with van der Waals surface area (Å²) in [4.78, 5) is 152. The van der Waals surface area contributed by atoms with E-state index in [2.05, 4.69) is 35.3 Å². The molecule has 0 saturated carbocycles. The first-order valence-corrected chi connectivity index (χ1v) is 51.4. The summed E-state index contributed by atoms with van der Waals surface area (Å²) in [5.41, 5.74) is -12.3. The quantitative estimate of drug-likeness (QED) is 0.0149. The number of para-hydroxylation sites is 4. The van der Waals surface area contributed by atoms with Crippen molar-refractivity contribution in [2.24, 2.45) is 0 Å². The summed E-state index contributed by atoms with van der Waals surface area (Å²) in [5, 5.41) is 53.7. The number of halogens is 1. The van der Waals surface area contributed by atoms with Crippen LogP contribution in [-0.4, -0.2) is 255 Å². The summed E-state index contributed by atoms with van der Waals surface area (Å²) in [6.07, 6.45) is -10.9. The van der Waals surface area contributed by atoms with E-state index in [1.165, 1.54) is 58.4 Å². The lowest BCUT2D eigenvalue weighted by Gasteiger charge is -2.32. The van der Waals surface area contributed by atoms with E-state index in [1.54, 1.807) is 165 Å². The summed E-state index contributed by atoms with van der Waals surface area (Å²) < 4.78 is 185. The zero-order valence-corrected chi connectivity index (χ0v) is 83.3. The maximum atomic E-state index is 13.8. The molecule has 8 aliphatic rings. The molecule has 8 aromatic rings. The first-order chi connectivity index (χ1) is 68.5. The Morgan fingerprint density at radius 3 is 0.779 bits per heavy atom. The molecule has 6 unspecified atom stereocenters. The zero-order valence-electron chi connectivity index (χ0n) is 79.7. The first-order valence-electron chi connectivity index (χ1n) is 45.2. The van der Waals surface area contributed by atoms with Gasteiger partial charge in [0.15, 0.2) is 24.9 Å². The van der Waals surface area contributed by atoms with Crippen molar-refractivity contribution in [2.45, 2.75) is 228 Å². The second-order valence-corrected chi connectivity index (χ2v) is 42.2. The van der Waals surface area contributed by atoms with Gasteiger partial charge in [-0.25, -0.2) is 37.4 Å². The fourth-order valence-electron chi connectivity index (χ4n) is 15.6. The number of carbonyl (C=O) groups is 4. The topological polar surface area (TPSA) is 670 Å². The maximum Gasteiger partial charge on any atom is 0.459 e. The summed E-state index contributed by atoms with van der Waals surface area (Å²) >= 11 is 0. The highest BCUT2D eigenvalue weighted by Gasteiger charge is 2.67. The lowest BCUT2D eigenvalue weighted by atomic mass is 10.0. The van der Waals surface area contributed by atoms with Crippen LogP contribution in [0.2, 0.25) is 0 Å². The van der Waals surface area contributed by atoms with Gasteiger partial charge in [0.25, 0.3) is 22.2 Å². The van der Waals surface area contributed by atoms with Crippen molar-refractivity contribution in [3.63, 3.8) is 0 Å². The molecule has 24 atom stereocenters. The van der Waals surface area contributed by atoms with Crippen LogP contribution in [0.15, 0.2) is 203 Å². The maximum absolute atomic E-state index is 13.8. The predicted molar refractivity (Wildman–Crippen MR) is 497 cm³/mol. The summed E-state index contributed by atoms with van der Waals surface area (Å²) in [5.74, 6) is -3.13. The molecular weight excluding hydrogens is 2010 g/mol. The van der Waals surface area contributed by atoms with Gasteiger partial charge in [-0.3, -0.25) is 94.7 Å². The fraction of sp³-hybridized carbons (Fsp3) is 0.500. The molecule has 8 fully saturated rings. The van der Waals surface area contributed by atoms with Crippen LogP contribution in [0.5, 0.6) is 23.0 Å². The Balaban J connectivity index is 0.000000162. The third-order valence-electron chi connectivity index (χ3n) is 22.6. The van der Waals surface area contributed by atoms with Crippen molar-refractivity contribution in [1.29, 1.82) is 0 Å². The van der Waals surface area contributed by atoms with Crippen LogP contribution >= 0.6 is 31.0 Å². The molecule has 12 heterocycles. The molecule has 8 bridgehead atoms. The van der Waals surface area contributed by atoms with Crippen molar-refractivity contribution in [3.8, 4) is 23.0 Å². The number of hydrogen-bond donors (Lipinski definition) is 12. The third-order valence-corrected chi connectivity index (χ3v) is 29.1. The predicted octanol–water partition coefficient (Wildman–Crippen LogP) is 2.93. The number of rotatable bonds is 40. The van der Waals surface area contributed by atoms with Gasteiger partial charge in [0, 0.05) is 36.8 Å². The number of nitrogens with zero attached hydrogens (tertiary/aromatic N) is 4. The highest BCUT2D eigenvalue weighted by atomic mass is 31.2. The third kappa shape index (κ3) is 26.7. The number of carbonyl (C=O) groups excluding carboxylic acids is 4. The molecule has 4 aromatic heterocycles. The van der Waals surface area contributed by atoms with E-state index in [0.29, 0.717) is 6.20 Å². The number of H-pyrrole nitrogens is 4. The Hall–Kier alpha value is -11.3. The van der Waals surface area contributed by atoms with E-state index in [0.717, 1.165) is 36.5 Å². The molecule has 0 radical (unpaired) electrons. The van der Waals surface area contributed by atoms with Gasteiger partial charge in [-0.2, -0.15) is 24.7 Å². The number of aromatic nitrogens is 8. The van der Waals surface area contributed by atoms with Gasteiger partial charge in [-0.1, -0.05) is 72.8 Å². The smallest absolute Gasteiger partial charge is 0.459 e. The molecule has 12 N–H and O–H groups in total. The normalized spacial score (nSPS) is 27.4. The number of aliphatic hydroxyl groups excluding tert-OH is 4. The molecule has 57 heteroatoms. The van der Waals surface area contributed by atoms with E-state index in [-0.39, 0.29) is 67.7 Å². The Morgan fingerprint density at radius 1 is 0.352 bits per heavy atom. The highest BCUT2D eigenvalue weighted by Crippen LogP contribution is 2.56. The number of ether oxygens (including phenoxy) is 12. The Kier molecular flexibility index (Phi) is 35.5. The number of aliphatic hydroxyl groups is 4.